The molecule has 0 aliphatic heterocycles. The van der Waals surface area contributed by atoms with E-state index in [4.69, 9.17) is 39.5 Å². The summed E-state index contributed by atoms with van der Waals surface area (Å²) in [6, 6.07) is 5.43. The second-order valence-electron chi connectivity index (χ2n) is 3.76. The van der Waals surface area contributed by atoms with Gasteiger partial charge in [0.2, 0.25) is 0 Å². The van der Waals surface area contributed by atoms with Gasteiger partial charge in [0.05, 0.1) is 21.0 Å². The molecule has 20 heavy (non-hydrogen) atoms. The summed E-state index contributed by atoms with van der Waals surface area (Å²) in [6.45, 7) is 0.0733. The summed E-state index contributed by atoms with van der Waals surface area (Å²) in [4.78, 5) is 14.0. The number of hydrogen-bond donors (Lipinski definition) is 0. The van der Waals surface area contributed by atoms with Crippen molar-refractivity contribution < 1.29 is 9.66 Å². The Balaban J connectivity index is 2.18. The molecule has 1 aromatic carbocycles. The Morgan fingerprint density at radius 3 is 2.60 bits per heavy atom. The summed E-state index contributed by atoms with van der Waals surface area (Å²) in [5.41, 5.74) is 0.489. The van der Waals surface area contributed by atoms with Gasteiger partial charge in [0.1, 0.15) is 17.5 Å². The Morgan fingerprint density at radius 2 is 1.95 bits per heavy atom. The lowest BCUT2D eigenvalue weighted by Crippen LogP contribution is -1.98. The van der Waals surface area contributed by atoms with Crippen LogP contribution in [0.1, 0.15) is 5.56 Å². The van der Waals surface area contributed by atoms with Gasteiger partial charge in [-0.25, -0.2) is 4.98 Å². The highest BCUT2D eigenvalue weighted by molar-refractivity contribution is 6.34. The molecule has 0 bridgehead atoms. The lowest BCUT2D eigenvalue weighted by molar-refractivity contribution is -0.384. The molecule has 0 atom stereocenters. The van der Waals surface area contributed by atoms with Gasteiger partial charge in [0.25, 0.3) is 5.69 Å². The molecular weight excluding hydrogens is 327 g/mol. The molecule has 1 heterocycles. The Kier molecular flexibility index (Phi) is 4.65. The third-order valence-corrected chi connectivity index (χ3v) is 3.28. The Hall–Kier alpha value is -1.56. The maximum absolute atomic E-state index is 10.7. The molecule has 2 rings (SSSR count). The minimum absolute atomic E-state index is 0.0733. The number of ether oxygens (including phenoxy) is 1. The van der Waals surface area contributed by atoms with Gasteiger partial charge in [-0.1, -0.05) is 34.8 Å². The number of non-ortho nitro benzene ring substituents is 1. The Labute approximate surface area is 129 Å². The zero-order chi connectivity index (χ0) is 14.7. The van der Waals surface area contributed by atoms with Crippen molar-refractivity contribution in [2.45, 2.75) is 6.61 Å². The van der Waals surface area contributed by atoms with Crippen molar-refractivity contribution in [3.05, 3.63) is 61.3 Å². The lowest BCUT2D eigenvalue weighted by Gasteiger charge is -2.09. The SMILES string of the molecule is O=[N+]([O-])c1ccc(Cl)c(OCc2cnc(Cl)cc2Cl)c1. The summed E-state index contributed by atoms with van der Waals surface area (Å²) in [6.07, 6.45) is 1.47. The van der Waals surface area contributed by atoms with Crippen molar-refractivity contribution in [2.75, 3.05) is 0 Å². The molecule has 1 aromatic heterocycles. The number of nitro benzene ring substituents is 1. The largest absolute Gasteiger partial charge is 0.487 e. The third kappa shape index (κ3) is 3.50. The highest BCUT2D eigenvalue weighted by Gasteiger charge is 2.11. The van der Waals surface area contributed by atoms with E-state index in [-0.39, 0.29) is 28.2 Å². The predicted molar refractivity (Wildman–Crippen MR) is 76.7 cm³/mol. The highest BCUT2D eigenvalue weighted by Crippen LogP contribution is 2.30. The summed E-state index contributed by atoms with van der Waals surface area (Å²) in [7, 11) is 0. The summed E-state index contributed by atoms with van der Waals surface area (Å²) < 4.78 is 5.43. The normalized spacial score (nSPS) is 10.3. The van der Waals surface area contributed by atoms with Gasteiger partial charge >= 0.3 is 0 Å². The molecule has 104 valence electrons. The maximum Gasteiger partial charge on any atom is 0.273 e. The molecule has 5 nitrogen and oxygen atoms in total. The van der Waals surface area contributed by atoms with Crippen LogP contribution < -0.4 is 4.74 Å². The number of hydrogen-bond acceptors (Lipinski definition) is 4. The monoisotopic (exact) mass is 332 g/mol. The number of benzene rings is 1. The van der Waals surface area contributed by atoms with Gasteiger partial charge in [-0.15, -0.1) is 0 Å². The average molecular weight is 334 g/mol. The summed E-state index contributed by atoms with van der Waals surface area (Å²) in [5.74, 6) is 0.201. The molecule has 2 aromatic rings. The van der Waals surface area contributed by atoms with Crippen LogP contribution in [0.25, 0.3) is 0 Å². The number of aromatic nitrogens is 1. The fraction of sp³-hybridized carbons (Fsp3) is 0.0833. The van der Waals surface area contributed by atoms with Crippen molar-refractivity contribution in [1.29, 1.82) is 0 Å². The van der Waals surface area contributed by atoms with Crippen LogP contribution >= 0.6 is 34.8 Å². The minimum Gasteiger partial charge on any atom is -0.487 e. The van der Waals surface area contributed by atoms with Gasteiger partial charge in [-0.3, -0.25) is 10.1 Å². The molecular formula is C12H7Cl3N2O3. The number of rotatable bonds is 4. The van der Waals surface area contributed by atoms with Crippen LogP contribution in [-0.4, -0.2) is 9.91 Å². The van der Waals surface area contributed by atoms with E-state index in [1.165, 1.54) is 30.5 Å². The molecule has 0 spiro atoms. The first kappa shape index (κ1) is 14.8. The number of nitro groups is 1. The van der Waals surface area contributed by atoms with Crippen molar-refractivity contribution in [1.82, 2.24) is 4.98 Å². The summed E-state index contributed by atoms with van der Waals surface area (Å²) >= 11 is 17.6. The van der Waals surface area contributed by atoms with Crippen LogP contribution in [0, 0.1) is 10.1 Å². The van der Waals surface area contributed by atoms with Crippen LogP contribution in [-0.2, 0) is 6.61 Å². The van der Waals surface area contributed by atoms with E-state index >= 15 is 0 Å². The molecule has 8 heteroatoms. The highest BCUT2D eigenvalue weighted by atomic mass is 35.5. The topological polar surface area (TPSA) is 65.3 Å². The van der Waals surface area contributed by atoms with Crippen LogP contribution in [0.2, 0.25) is 15.2 Å². The van der Waals surface area contributed by atoms with Crippen LogP contribution in [0.15, 0.2) is 30.5 Å². The predicted octanol–water partition coefficient (Wildman–Crippen LogP) is 4.53. The van der Waals surface area contributed by atoms with Gasteiger partial charge < -0.3 is 4.74 Å². The minimum atomic E-state index is -0.528. The second-order valence-corrected chi connectivity index (χ2v) is 4.96. The van der Waals surface area contributed by atoms with E-state index < -0.39 is 4.92 Å². The fourth-order valence-electron chi connectivity index (χ4n) is 1.41. The average Bonchev–Trinajstić information content (AvgIpc) is 2.39. The van der Waals surface area contributed by atoms with Crippen LogP contribution in [0.4, 0.5) is 5.69 Å². The third-order valence-electron chi connectivity index (χ3n) is 2.41. The van der Waals surface area contributed by atoms with E-state index in [1.54, 1.807) is 0 Å². The smallest absolute Gasteiger partial charge is 0.273 e. The number of pyridine rings is 1. The first-order valence-corrected chi connectivity index (χ1v) is 6.47. The zero-order valence-electron chi connectivity index (χ0n) is 9.85. The first-order chi connectivity index (χ1) is 9.47. The number of nitrogens with zero attached hydrogens (tertiary/aromatic N) is 2. The van der Waals surface area contributed by atoms with E-state index in [1.807, 2.05) is 0 Å². The maximum atomic E-state index is 10.7. The van der Waals surface area contributed by atoms with Crippen molar-refractivity contribution in [3.63, 3.8) is 0 Å². The molecule has 0 saturated heterocycles. The Morgan fingerprint density at radius 1 is 1.20 bits per heavy atom. The number of halogens is 3. The molecule has 0 saturated carbocycles. The molecule has 0 fully saturated rings. The van der Waals surface area contributed by atoms with E-state index in [0.717, 1.165) is 0 Å². The van der Waals surface area contributed by atoms with E-state index in [2.05, 4.69) is 4.98 Å². The molecule has 0 N–H and O–H groups in total. The molecule has 0 unspecified atom stereocenters. The van der Waals surface area contributed by atoms with Crippen molar-refractivity contribution >= 4 is 40.5 Å². The van der Waals surface area contributed by atoms with Gasteiger partial charge in [0, 0.05) is 17.8 Å². The van der Waals surface area contributed by atoms with Crippen molar-refractivity contribution in [2.24, 2.45) is 0 Å². The quantitative estimate of drug-likeness (QED) is 0.468. The fourth-order valence-corrected chi connectivity index (χ4v) is 2.01. The van der Waals surface area contributed by atoms with Crippen LogP contribution in [0.3, 0.4) is 0 Å². The summed E-state index contributed by atoms with van der Waals surface area (Å²) in [5, 5.41) is 11.6. The molecule has 0 amide bonds. The molecule has 0 aliphatic carbocycles. The van der Waals surface area contributed by atoms with Gasteiger partial charge in [-0.05, 0) is 12.1 Å². The standard InChI is InChI=1S/C12H7Cl3N2O3/c13-9-2-1-8(17(18)19)3-11(9)20-6-7-5-16-12(15)4-10(7)14/h1-5H,6H2. The molecule has 0 radical (unpaired) electrons. The van der Waals surface area contributed by atoms with E-state index in [0.29, 0.717) is 10.6 Å². The lowest BCUT2D eigenvalue weighted by atomic mass is 10.3. The Bertz CT molecular complexity index is 664. The van der Waals surface area contributed by atoms with Crippen molar-refractivity contribution in [3.8, 4) is 5.75 Å². The van der Waals surface area contributed by atoms with E-state index in [9.17, 15) is 10.1 Å². The zero-order valence-corrected chi connectivity index (χ0v) is 12.1. The van der Waals surface area contributed by atoms with Gasteiger partial charge in [0.15, 0.2) is 0 Å². The molecule has 0 aliphatic rings. The second kappa shape index (κ2) is 6.26. The van der Waals surface area contributed by atoms with Crippen LogP contribution in [0.5, 0.6) is 5.75 Å². The van der Waals surface area contributed by atoms with Gasteiger partial charge in [-0.2, -0.15) is 0 Å². The first-order valence-electron chi connectivity index (χ1n) is 5.34.